The van der Waals surface area contributed by atoms with E-state index < -0.39 is 5.60 Å². The molecule has 0 radical (unpaired) electrons. The van der Waals surface area contributed by atoms with Gasteiger partial charge in [0.1, 0.15) is 11.8 Å². The van der Waals surface area contributed by atoms with Crippen molar-refractivity contribution in [2.45, 2.75) is 64.0 Å². The molecule has 0 aromatic carbocycles. The van der Waals surface area contributed by atoms with Gasteiger partial charge in [-0.1, -0.05) is 12.8 Å². The Bertz CT molecular complexity index is 593. The maximum absolute atomic E-state index is 10.8. The van der Waals surface area contributed by atoms with E-state index in [1.54, 1.807) is 6.07 Å². The average molecular weight is 300 g/mol. The number of hydrogen-bond donors (Lipinski definition) is 1. The molecule has 1 aromatic heterocycles. The molecule has 22 heavy (non-hydrogen) atoms. The van der Waals surface area contributed by atoms with Gasteiger partial charge < -0.3 is 10.0 Å². The molecule has 0 spiro atoms. The molecule has 2 heterocycles. The van der Waals surface area contributed by atoms with Gasteiger partial charge in [-0.3, -0.25) is 0 Å². The van der Waals surface area contributed by atoms with Crippen LogP contribution in [0.3, 0.4) is 0 Å². The molecule has 3 rings (SSSR count). The van der Waals surface area contributed by atoms with Crippen LogP contribution in [-0.2, 0) is 0 Å². The summed E-state index contributed by atoms with van der Waals surface area (Å²) in [5.74, 6) is 0.916. The van der Waals surface area contributed by atoms with Crippen LogP contribution in [0.25, 0.3) is 0 Å². The maximum atomic E-state index is 10.8. The van der Waals surface area contributed by atoms with Gasteiger partial charge in [0.25, 0.3) is 0 Å². The van der Waals surface area contributed by atoms with E-state index in [0.717, 1.165) is 44.3 Å². The molecule has 0 unspecified atom stereocenters. The fraction of sp³-hybridized carbons (Fsp3) is 0.706. The summed E-state index contributed by atoms with van der Waals surface area (Å²) in [7, 11) is 0. The highest BCUT2D eigenvalue weighted by molar-refractivity contribution is 5.39. The first-order chi connectivity index (χ1) is 10.5. The van der Waals surface area contributed by atoms with Gasteiger partial charge in [-0.05, 0) is 45.6 Å². The Hall–Kier alpha value is -1.67. The highest BCUT2D eigenvalue weighted by Gasteiger charge is 2.44. The molecule has 1 saturated carbocycles. The number of rotatable bonds is 2. The van der Waals surface area contributed by atoms with E-state index >= 15 is 0 Å². The molecule has 0 amide bonds. The summed E-state index contributed by atoms with van der Waals surface area (Å²) < 4.78 is 0. The van der Waals surface area contributed by atoms with Crippen LogP contribution in [0.1, 0.15) is 56.8 Å². The Morgan fingerprint density at radius 1 is 1.32 bits per heavy atom. The lowest BCUT2D eigenvalue weighted by molar-refractivity contribution is -0.0411. The molecule has 118 valence electrons. The minimum atomic E-state index is -0.604. The second-order valence-corrected chi connectivity index (χ2v) is 6.92. The van der Waals surface area contributed by atoms with Gasteiger partial charge in [-0.15, -0.1) is 0 Å². The Morgan fingerprint density at radius 2 is 2.14 bits per heavy atom. The van der Waals surface area contributed by atoms with Gasteiger partial charge in [-0.2, -0.15) is 5.26 Å². The Kier molecular flexibility index (Phi) is 4.05. The second kappa shape index (κ2) is 5.85. The van der Waals surface area contributed by atoms with Crippen LogP contribution >= 0.6 is 0 Å². The molecule has 1 saturated heterocycles. The molecule has 3 atom stereocenters. The lowest BCUT2D eigenvalue weighted by Crippen LogP contribution is -2.49. The van der Waals surface area contributed by atoms with Gasteiger partial charge in [0.15, 0.2) is 0 Å². The zero-order valence-electron chi connectivity index (χ0n) is 13.4. The molecule has 1 aliphatic heterocycles. The first-order valence-corrected chi connectivity index (χ1v) is 8.26. The summed E-state index contributed by atoms with van der Waals surface area (Å²) in [6.07, 6.45) is 6.39. The van der Waals surface area contributed by atoms with Gasteiger partial charge in [0.2, 0.25) is 5.95 Å². The largest absolute Gasteiger partial charge is 0.390 e. The summed E-state index contributed by atoms with van der Waals surface area (Å²) in [4.78, 5) is 11.2. The molecule has 5 nitrogen and oxygen atoms in total. The molecule has 5 heteroatoms. The van der Waals surface area contributed by atoms with Gasteiger partial charge >= 0.3 is 0 Å². The number of anilines is 1. The fourth-order valence-electron chi connectivity index (χ4n) is 4.15. The number of aryl methyl sites for hydroxylation is 1. The van der Waals surface area contributed by atoms with Crippen LogP contribution in [0, 0.1) is 24.2 Å². The number of nitrogens with zero attached hydrogens (tertiary/aromatic N) is 4. The van der Waals surface area contributed by atoms with Crippen molar-refractivity contribution in [3.8, 4) is 6.07 Å². The smallest absolute Gasteiger partial charge is 0.227 e. The SMILES string of the molecule is Cc1cc(C#N)nc(N2CCC[C@@H]2[C@@H]2CCCC[C@]2(C)O)n1. The van der Waals surface area contributed by atoms with E-state index in [-0.39, 0.29) is 12.0 Å². The first-order valence-electron chi connectivity index (χ1n) is 8.26. The quantitative estimate of drug-likeness (QED) is 0.908. The third kappa shape index (κ3) is 2.80. The predicted octanol–water partition coefficient (Wildman–Crippen LogP) is 2.57. The van der Waals surface area contributed by atoms with Crippen molar-refractivity contribution >= 4 is 5.95 Å². The third-order valence-corrected chi connectivity index (χ3v) is 5.22. The monoisotopic (exact) mass is 300 g/mol. The topological polar surface area (TPSA) is 73.0 Å². The Morgan fingerprint density at radius 3 is 2.86 bits per heavy atom. The van der Waals surface area contributed by atoms with Crippen LogP contribution in [0.15, 0.2) is 6.07 Å². The van der Waals surface area contributed by atoms with Crippen molar-refractivity contribution < 1.29 is 5.11 Å². The van der Waals surface area contributed by atoms with Gasteiger partial charge in [0.05, 0.1) is 5.60 Å². The first kappa shape index (κ1) is 15.2. The fourth-order valence-corrected chi connectivity index (χ4v) is 4.15. The third-order valence-electron chi connectivity index (χ3n) is 5.22. The maximum Gasteiger partial charge on any atom is 0.227 e. The molecule has 1 aliphatic carbocycles. The van der Waals surface area contributed by atoms with Crippen LogP contribution in [0.2, 0.25) is 0 Å². The number of hydrogen-bond acceptors (Lipinski definition) is 5. The van der Waals surface area contributed by atoms with E-state index in [0.29, 0.717) is 11.6 Å². The van der Waals surface area contributed by atoms with Crippen molar-refractivity contribution in [3.63, 3.8) is 0 Å². The minimum Gasteiger partial charge on any atom is -0.390 e. The molecule has 0 bridgehead atoms. The predicted molar refractivity (Wildman–Crippen MR) is 84.4 cm³/mol. The van der Waals surface area contributed by atoms with Crippen LogP contribution in [0.5, 0.6) is 0 Å². The normalized spacial score (nSPS) is 32.0. The average Bonchev–Trinajstić information content (AvgIpc) is 2.95. The van der Waals surface area contributed by atoms with Crippen molar-refractivity contribution in [1.29, 1.82) is 5.26 Å². The molecule has 1 aromatic rings. The molecule has 2 fully saturated rings. The number of aliphatic hydroxyl groups is 1. The summed E-state index contributed by atoms with van der Waals surface area (Å²) in [6.45, 7) is 4.78. The molecule has 2 aliphatic rings. The summed E-state index contributed by atoms with van der Waals surface area (Å²) in [5, 5.41) is 19.9. The van der Waals surface area contributed by atoms with Gasteiger partial charge in [-0.25, -0.2) is 9.97 Å². The van der Waals surface area contributed by atoms with Crippen LogP contribution in [-0.4, -0.2) is 33.3 Å². The lowest BCUT2D eigenvalue weighted by Gasteiger charge is -2.43. The van der Waals surface area contributed by atoms with Gasteiger partial charge in [0, 0.05) is 24.2 Å². The molecular formula is C17H24N4O. The Labute approximate surface area is 132 Å². The zero-order valence-corrected chi connectivity index (χ0v) is 13.4. The minimum absolute atomic E-state index is 0.262. The van der Waals surface area contributed by atoms with E-state index in [1.807, 2.05) is 13.8 Å². The lowest BCUT2D eigenvalue weighted by atomic mass is 9.72. The number of aromatic nitrogens is 2. The zero-order chi connectivity index (χ0) is 15.7. The van der Waals surface area contributed by atoms with E-state index in [2.05, 4.69) is 20.9 Å². The standard InChI is InChI=1S/C17H24N4O/c1-12-10-13(11-18)20-16(19-12)21-9-5-7-15(21)14-6-3-4-8-17(14,2)22/h10,14-15,22H,3-9H2,1-2H3/t14-,15+,17-/m0/s1. The van der Waals surface area contributed by atoms with Crippen LogP contribution in [0.4, 0.5) is 5.95 Å². The second-order valence-electron chi connectivity index (χ2n) is 6.92. The van der Waals surface area contributed by atoms with Crippen LogP contribution < -0.4 is 4.90 Å². The highest BCUT2D eigenvalue weighted by Crippen LogP contribution is 2.41. The van der Waals surface area contributed by atoms with Crippen molar-refractivity contribution in [2.24, 2.45) is 5.92 Å². The number of nitriles is 1. The summed E-state index contributed by atoms with van der Waals surface area (Å²) in [6, 6.07) is 4.11. The van der Waals surface area contributed by atoms with E-state index in [9.17, 15) is 5.11 Å². The molecule has 1 N–H and O–H groups in total. The Balaban J connectivity index is 1.90. The summed E-state index contributed by atoms with van der Waals surface area (Å²) in [5.41, 5.74) is 0.638. The van der Waals surface area contributed by atoms with Crippen molar-refractivity contribution in [2.75, 3.05) is 11.4 Å². The van der Waals surface area contributed by atoms with E-state index in [1.165, 1.54) is 6.42 Å². The van der Waals surface area contributed by atoms with Crippen molar-refractivity contribution in [3.05, 3.63) is 17.5 Å². The molecular weight excluding hydrogens is 276 g/mol. The van der Waals surface area contributed by atoms with E-state index in [4.69, 9.17) is 5.26 Å². The van der Waals surface area contributed by atoms with Crippen molar-refractivity contribution in [1.82, 2.24) is 9.97 Å². The highest BCUT2D eigenvalue weighted by atomic mass is 16.3. The summed E-state index contributed by atoms with van der Waals surface area (Å²) >= 11 is 0.